The van der Waals surface area contributed by atoms with Crippen molar-refractivity contribution in [3.8, 4) is 11.4 Å². The van der Waals surface area contributed by atoms with Gasteiger partial charge in [0.15, 0.2) is 0 Å². The lowest BCUT2D eigenvalue weighted by Gasteiger charge is -2.49. The van der Waals surface area contributed by atoms with Gasteiger partial charge in [0, 0.05) is 10.9 Å². The van der Waals surface area contributed by atoms with Crippen LogP contribution in [-0.4, -0.2) is 30.9 Å². The van der Waals surface area contributed by atoms with Crippen LogP contribution in [0, 0.1) is 12.8 Å². The van der Waals surface area contributed by atoms with Crippen molar-refractivity contribution in [2.24, 2.45) is 5.92 Å². The van der Waals surface area contributed by atoms with E-state index in [0.717, 1.165) is 10.1 Å². The Morgan fingerprint density at radius 2 is 1.51 bits per heavy atom. The van der Waals surface area contributed by atoms with Crippen LogP contribution in [0.15, 0.2) is 124 Å². The van der Waals surface area contributed by atoms with Crippen LogP contribution in [0.4, 0.5) is 5.69 Å². The monoisotopic (exact) mass is 644 g/mol. The van der Waals surface area contributed by atoms with Gasteiger partial charge in [-0.25, -0.2) is 28.4 Å². The van der Waals surface area contributed by atoms with Crippen LogP contribution in [0.5, 0.6) is 5.75 Å². The van der Waals surface area contributed by atoms with E-state index in [0.29, 0.717) is 33.1 Å². The number of carbonyl (C=O) groups is 2. The third kappa shape index (κ3) is 4.02. The molecule has 4 atom stereocenters. The van der Waals surface area contributed by atoms with Crippen LogP contribution in [0.1, 0.15) is 35.1 Å². The lowest BCUT2D eigenvalue weighted by atomic mass is 9.53. The predicted molar refractivity (Wildman–Crippen MR) is 177 cm³/mol. The van der Waals surface area contributed by atoms with Crippen LogP contribution < -0.4 is 16.3 Å². The van der Waals surface area contributed by atoms with E-state index in [9.17, 15) is 19.5 Å². The number of hydrogen-bond donors (Lipinski definition) is 1. The van der Waals surface area contributed by atoms with Gasteiger partial charge in [0.25, 0.3) is 0 Å². The maximum Gasteiger partial charge on any atom is 0.352 e. The minimum absolute atomic E-state index is 0.100. The third-order valence-electron chi connectivity index (χ3n) is 10.00. The van der Waals surface area contributed by atoms with Gasteiger partial charge in [0.05, 0.1) is 35.3 Å². The number of imide groups is 1. The van der Waals surface area contributed by atoms with Crippen LogP contribution >= 0.6 is 11.6 Å². The number of para-hydroxylation sites is 1. The number of phenols is 1. The number of aromatic hydroxyl groups is 1. The van der Waals surface area contributed by atoms with Gasteiger partial charge in [0.2, 0.25) is 11.8 Å². The molecule has 4 aromatic carbocycles. The van der Waals surface area contributed by atoms with E-state index in [1.165, 1.54) is 14.3 Å². The number of carbonyl (C=O) groups excluding carboxylic acids is 2. The molecule has 0 unspecified atom stereocenters. The fourth-order valence-corrected chi connectivity index (χ4v) is 8.22. The molecule has 2 fully saturated rings. The fourth-order valence-electron chi connectivity index (χ4n) is 8.04. The average Bonchev–Trinajstić information content (AvgIpc) is 3.47. The lowest BCUT2D eigenvalue weighted by molar-refractivity contribution is -0.124. The normalized spacial score (nSPS) is 23.2. The quantitative estimate of drug-likeness (QED) is 0.212. The highest BCUT2D eigenvalue weighted by Crippen LogP contribution is 2.62. The number of allylic oxidation sites excluding steroid dienone is 2. The number of fused-ring (bicyclic) bond motifs is 4. The van der Waals surface area contributed by atoms with Crippen LogP contribution in [0.2, 0.25) is 5.02 Å². The summed E-state index contributed by atoms with van der Waals surface area (Å²) in [4.78, 5) is 59.1. The molecule has 0 spiro atoms. The highest BCUT2D eigenvalue weighted by Gasteiger charge is 2.68. The number of amides is 2. The van der Waals surface area contributed by atoms with Crippen molar-refractivity contribution in [2.45, 2.75) is 37.3 Å². The summed E-state index contributed by atoms with van der Waals surface area (Å²) in [6.07, 6.45) is 2.03. The highest BCUT2D eigenvalue weighted by molar-refractivity contribution is 6.32. The highest BCUT2D eigenvalue weighted by atomic mass is 35.5. The molecule has 2 aliphatic heterocycles. The van der Waals surface area contributed by atoms with Gasteiger partial charge in [-0.2, -0.15) is 0 Å². The molecule has 8 rings (SSSR count). The summed E-state index contributed by atoms with van der Waals surface area (Å²) in [6, 6.07) is 29.2. The second-order valence-electron chi connectivity index (χ2n) is 12.3. The van der Waals surface area contributed by atoms with E-state index in [1.54, 1.807) is 67.6 Å². The Kier molecular flexibility index (Phi) is 6.53. The minimum Gasteiger partial charge on any atom is -0.508 e. The van der Waals surface area contributed by atoms with Crippen molar-refractivity contribution in [1.29, 1.82) is 0 Å². The van der Waals surface area contributed by atoms with E-state index >= 15 is 4.79 Å². The number of anilines is 1. The molecule has 1 aromatic heterocycles. The first kappa shape index (κ1) is 29.0. The summed E-state index contributed by atoms with van der Waals surface area (Å²) in [5, 5.41) is 10.9. The Balaban J connectivity index is 1.42. The zero-order valence-electron chi connectivity index (χ0n) is 25.3. The molecule has 3 heterocycles. The molecule has 47 heavy (non-hydrogen) atoms. The first-order chi connectivity index (χ1) is 22.7. The first-order valence-electron chi connectivity index (χ1n) is 15.4. The van der Waals surface area contributed by atoms with Gasteiger partial charge >= 0.3 is 11.4 Å². The molecule has 0 radical (unpaired) electrons. The topological polar surface area (TPSA) is 107 Å². The Morgan fingerprint density at radius 1 is 0.809 bits per heavy atom. The van der Waals surface area contributed by atoms with Crippen molar-refractivity contribution in [2.75, 3.05) is 4.90 Å². The SMILES string of the molecule is Cc1cc([C@H]2C3=CCn4c(=O)n(-c5ccccc5)c(=O)n4[C@@H]3C[C@H]3C(=O)N(c4cccc(Cl)c4)C(=O)[C@@]23c2ccccc2)ccc1O. The van der Waals surface area contributed by atoms with Gasteiger partial charge in [-0.05, 0) is 72.0 Å². The number of aromatic nitrogens is 3. The Morgan fingerprint density at radius 3 is 2.21 bits per heavy atom. The smallest absolute Gasteiger partial charge is 0.352 e. The van der Waals surface area contributed by atoms with E-state index in [-0.39, 0.29) is 18.7 Å². The molecule has 1 aliphatic carbocycles. The molecule has 10 heteroatoms. The number of hydrogen-bond acceptors (Lipinski definition) is 5. The largest absolute Gasteiger partial charge is 0.508 e. The number of halogens is 1. The maximum atomic E-state index is 15.2. The maximum absolute atomic E-state index is 15.2. The van der Waals surface area contributed by atoms with E-state index in [1.807, 2.05) is 48.5 Å². The van der Waals surface area contributed by atoms with Crippen molar-refractivity contribution in [3.63, 3.8) is 0 Å². The summed E-state index contributed by atoms with van der Waals surface area (Å²) >= 11 is 6.37. The van der Waals surface area contributed by atoms with Crippen LogP contribution in [0.3, 0.4) is 0 Å². The van der Waals surface area contributed by atoms with Crippen LogP contribution in [-0.2, 0) is 21.5 Å². The standard InChI is InChI=1S/C37H29ClN4O5/c1-22-19-23(15-16-31(22)43)32-28-17-18-39-35(46)41(26-12-6-3-7-13-26)36(47)42(39)30(28)21-29-33(44)40(27-14-8-11-25(38)20-27)34(45)37(29,32)24-9-4-2-5-10-24/h2-17,19-20,29-30,32,43H,18,21H2,1H3/t29-,30+,32-,37+/m0/s1. The summed E-state index contributed by atoms with van der Waals surface area (Å²) in [5.41, 5.74) is 1.14. The van der Waals surface area contributed by atoms with Gasteiger partial charge in [-0.1, -0.05) is 84.4 Å². The zero-order valence-corrected chi connectivity index (χ0v) is 26.0. The molecule has 9 nitrogen and oxygen atoms in total. The molecule has 2 amide bonds. The fraction of sp³-hybridized carbons (Fsp3) is 0.189. The predicted octanol–water partition coefficient (Wildman–Crippen LogP) is 5.26. The molecular formula is C37H29ClN4O5. The molecule has 234 valence electrons. The van der Waals surface area contributed by atoms with Gasteiger partial charge in [0.1, 0.15) is 5.75 Å². The minimum atomic E-state index is -1.40. The number of nitrogens with zero attached hydrogens (tertiary/aromatic N) is 4. The van der Waals surface area contributed by atoms with E-state index < -0.39 is 46.5 Å². The van der Waals surface area contributed by atoms with Crippen molar-refractivity contribution < 1.29 is 14.7 Å². The van der Waals surface area contributed by atoms with Crippen LogP contribution in [0.25, 0.3) is 5.69 Å². The van der Waals surface area contributed by atoms with Crippen molar-refractivity contribution >= 4 is 29.1 Å². The number of aryl methyl sites for hydroxylation is 1. The summed E-state index contributed by atoms with van der Waals surface area (Å²) in [7, 11) is 0. The Bertz CT molecular complexity index is 2250. The van der Waals surface area contributed by atoms with Gasteiger partial charge in [-0.15, -0.1) is 0 Å². The number of benzene rings is 4. The molecule has 0 bridgehead atoms. The number of phenolic OH excluding ortho intramolecular Hbond substituents is 1. The summed E-state index contributed by atoms with van der Waals surface area (Å²) in [6.45, 7) is 1.88. The second-order valence-corrected chi connectivity index (χ2v) is 12.8. The molecule has 1 saturated heterocycles. The third-order valence-corrected chi connectivity index (χ3v) is 10.2. The average molecular weight is 645 g/mol. The zero-order chi connectivity index (χ0) is 32.6. The molecular weight excluding hydrogens is 616 g/mol. The first-order valence-corrected chi connectivity index (χ1v) is 15.8. The van der Waals surface area contributed by atoms with Gasteiger partial charge in [-0.3, -0.25) is 9.59 Å². The molecule has 1 saturated carbocycles. The van der Waals surface area contributed by atoms with Crippen molar-refractivity contribution in [1.82, 2.24) is 13.9 Å². The molecule has 3 aliphatic rings. The summed E-state index contributed by atoms with van der Waals surface area (Å²) < 4.78 is 4.02. The van der Waals surface area contributed by atoms with E-state index in [4.69, 9.17) is 11.6 Å². The number of rotatable bonds is 4. The van der Waals surface area contributed by atoms with Gasteiger partial charge < -0.3 is 5.11 Å². The van der Waals surface area contributed by atoms with E-state index in [2.05, 4.69) is 0 Å². The Hall–Kier alpha value is -5.41. The Labute approximate surface area is 274 Å². The lowest BCUT2D eigenvalue weighted by Crippen LogP contribution is -2.53. The van der Waals surface area contributed by atoms with Crippen molar-refractivity contribution in [3.05, 3.63) is 157 Å². The molecule has 5 aromatic rings. The molecule has 1 N–H and O–H groups in total. The second kappa shape index (κ2) is 10.6. The summed E-state index contributed by atoms with van der Waals surface area (Å²) in [5.74, 6) is -2.33.